The Morgan fingerprint density at radius 3 is 2.58 bits per heavy atom. The normalized spacial score (nSPS) is 15.7. The van der Waals surface area contributed by atoms with Gasteiger partial charge in [-0.15, -0.1) is 0 Å². The van der Waals surface area contributed by atoms with Gasteiger partial charge in [0.15, 0.2) is 11.5 Å². The molecule has 1 amide bonds. The molecule has 0 radical (unpaired) electrons. The van der Waals surface area contributed by atoms with Crippen molar-refractivity contribution in [1.29, 1.82) is 0 Å². The van der Waals surface area contributed by atoms with Crippen LogP contribution in [0.2, 0.25) is 0 Å². The minimum absolute atomic E-state index is 0.0278. The molecule has 6 heteroatoms. The van der Waals surface area contributed by atoms with E-state index < -0.39 is 5.41 Å². The minimum Gasteiger partial charge on any atom is -0.493 e. The number of amides is 1. The second kappa shape index (κ2) is 7.81. The minimum atomic E-state index is -0.541. The number of aryl methyl sites for hydroxylation is 1. The Morgan fingerprint density at radius 1 is 1.19 bits per heavy atom. The van der Waals surface area contributed by atoms with Gasteiger partial charge in [0.2, 0.25) is 5.91 Å². The van der Waals surface area contributed by atoms with Crippen molar-refractivity contribution in [2.75, 3.05) is 19.5 Å². The van der Waals surface area contributed by atoms with E-state index in [1.54, 1.807) is 20.4 Å². The van der Waals surface area contributed by atoms with E-state index in [1.807, 2.05) is 28.9 Å². The largest absolute Gasteiger partial charge is 0.493 e. The van der Waals surface area contributed by atoms with Gasteiger partial charge in [-0.05, 0) is 37.0 Å². The molecular formula is C20H27N3O3. The van der Waals surface area contributed by atoms with E-state index in [2.05, 4.69) is 17.3 Å². The summed E-state index contributed by atoms with van der Waals surface area (Å²) >= 11 is 0. The molecule has 1 saturated carbocycles. The number of aromatic nitrogens is 2. The van der Waals surface area contributed by atoms with Gasteiger partial charge in [0.05, 0.1) is 25.8 Å². The van der Waals surface area contributed by atoms with Gasteiger partial charge in [-0.2, -0.15) is 5.10 Å². The standard InChI is InChI=1S/C20H27N3O3/c1-4-13-23-18(9-12-21-23)22-19(24)20(10-5-6-11-20)15-7-8-16(25-2)17(14-15)26-3/h7-9,12,14H,4-6,10-11,13H2,1-3H3,(H,22,24). The highest BCUT2D eigenvalue weighted by Crippen LogP contribution is 2.44. The van der Waals surface area contributed by atoms with Crippen molar-refractivity contribution in [3.05, 3.63) is 36.0 Å². The van der Waals surface area contributed by atoms with Gasteiger partial charge in [0, 0.05) is 12.6 Å². The number of nitrogens with zero attached hydrogens (tertiary/aromatic N) is 2. The van der Waals surface area contributed by atoms with Gasteiger partial charge in [-0.3, -0.25) is 4.79 Å². The number of hydrogen-bond donors (Lipinski definition) is 1. The Morgan fingerprint density at radius 2 is 1.92 bits per heavy atom. The van der Waals surface area contributed by atoms with Gasteiger partial charge < -0.3 is 14.8 Å². The van der Waals surface area contributed by atoms with Crippen molar-refractivity contribution in [2.45, 2.75) is 51.0 Å². The molecule has 0 bridgehead atoms. The van der Waals surface area contributed by atoms with Crippen molar-refractivity contribution < 1.29 is 14.3 Å². The number of benzene rings is 1. The third-order valence-corrected chi connectivity index (χ3v) is 5.22. The number of rotatable bonds is 7. The summed E-state index contributed by atoms with van der Waals surface area (Å²) in [6, 6.07) is 7.65. The third kappa shape index (κ3) is 3.28. The van der Waals surface area contributed by atoms with Crippen molar-refractivity contribution >= 4 is 11.7 Å². The zero-order valence-corrected chi connectivity index (χ0v) is 15.7. The molecule has 1 aliphatic rings. The summed E-state index contributed by atoms with van der Waals surface area (Å²) in [7, 11) is 3.23. The zero-order valence-electron chi connectivity index (χ0n) is 15.7. The first-order valence-electron chi connectivity index (χ1n) is 9.20. The van der Waals surface area contributed by atoms with Crippen LogP contribution in [0.15, 0.2) is 30.5 Å². The van der Waals surface area contributed by atoms with Crippen LogP contribution in [0.5, 0.6) is 11.5 Å². The maximum Gasteiger partial charge on any atom is 0.236 e. The first-order chi connectivity index (χ1) is 12.6. The Bertz CT molecular complexity index is 763. The molecule has 3 rings (SSSR count). The molecule has 0 aliphatic heterocycles. The lowest BCUT2D eigenvalue weighted by Gasteiger charge is -2.29. The molecule has 1 aliphatic carbocycles. The molecule has 6 nitrogen and oxygen atoms in total. The van der Waals surface area contributed by atoms with Gasteiger partial charge in [-0.1, -0.05) is 25.8 Å². The molecule has 1 fully saturated rings. The molecule has 140 valence electrons. The molecule has 1 aromatic heterocycles. The van der Waals surface area contributed by atoms with Gasteiger partial charge in [0.1, 0.15) is 5.82 Å². The van der Waals surface area contributed by atoms with E-state index in [-0.39, 0.29) is 5.91 Å². The fourth-order valence-electron chi connectivity index (χ4n) is 3.82. The molecular weight excluding hydrogens is 330 g/mol. The highest BCUT2D eigenvalue weighted by atomic mass is 16.5. The topological polar surface area (TPSA) is 65.4 Å². The van der Waals surface area contributed by atoms with E-state index in [4.69, 9.17) is 9.47 Å². The third-order valence-electron chi connectivity index (χ3n) is 5.22. The molecule has 0 unspecified atom stereocenters. The predicted octanol–water partition coefficient (Wildman–Crippen LogP) is 3.76. The Balaban J connectivity index is 1.92. The summed E-state index contributed by atoms with van der Waals surface area (Å²) < 4.78 is 12.6. The molecule has 0 saturated heterocycles. The first kappa shape index (κ1) is 18.3. The van der Waals surface area contributed by atoms with E-state index in [0.29, 0.717) is 11.5 Å². The average molecular weight is 357 g/mol. The Hall–Kier alpha value is -2.50. The van der Waals surface area contributed by atoms with Crippen LogP contribution in [-0.2, 0) is 16.8 Å². The molecule has 1 aromatic carbocycles. The highest BCUT2D eigenvalue weighted by molar-refractivity contribution is 5.99. The summed E-state index contributed by atoms with van der Waals surface area (Å²) in [4.78, 5) is 13.3. The van der Waals surface area contributed by atoms with Crippen LogP contribution in [0.4, 0.5) is 5.82 Å². The molecule has 2 aromatic rings. The first-order valence-corrected chi connectivity index (χ1v) is 9.20. The number of ether oxygens (including phenoxy) is 2. The van der Waals surface area contributed by atoms with E-state index in [0.717, 1.165) is 50.0 Å². The highest BCUT2D eigenvalue weighted by Gasteiger charge is 2.43. The Labute approximate surface area is 154 Å². The quantitative estimate of drug-likeness (QED) is 0.819. The number of carbonyl (C=O) groups excluding carboxylic acids is 1. The van der Waals surface area contributed by atoms with Gasteiger partial charge in [0.25, 0.3) is 0 Å². The molecule has 1 N–H and O–H groups in total. The van der Waals surface area contributed by atoms with E-state index in [1.165, 1.54) is 0 Å². The molecule has 26 heavy (non-hydrogen) atoms. The smallest absolute Gasteiger partial charge is 0.236 e. The fourth-order valence-corrected chi connectivity index (χ4v) is 3.82. The fraction of sp³-hybridized carbons (Fsp3) is 0.500. The maximum absolute atomic E-state index is 13.3. The van der Waals surface area contributed by atoms with Gasteiger partial charge in [-0.25, -0.2) is 4.68 Å². The summed E-state index contributed by atoms with van der Waals surface area (Å²) in [6.45, 7) is 2.88. The lowest BCUT2D eigenvalue weighted by Crippen LogP contribution is -2.38. The van der Waals surface area contributed by atoms with Crippen LogP contribution in [0.25, 0.3) is 0 Å². The van der Waals surface area contributed by atoms with Gasteiger partial charge >= 0.3 is 0 Å². The second-order valence-corrected chi connectivity index (χ2v) is 6.75. The number of nitrogens with one attached hydrogen (secondary N) is 1. The molecule has 1 heterocycles. The summed E-state index contributed by atoms with van der Waals surface area (Å²) in [5, 5.41) is 7.41. The van der Waals surface area contributed by atoms with Crippen molar-refractivity contribution in [1.82, 2.24) is 9.78 Å². The number of methoxy groups -OCH3 is 2. The summed E-state index contributed by atoms with van der Waals surface area (Å²) in [6.07, 6.45) is 6.42. The lowest BCUT2D eigenvalue weighted by molar-refractivity contribution is -0.121. The number of anilines is 1. The molecule has 0 atom stereocenters. The van der Waals surface area contributed by atoms with Crippen LogP contribution in [0.3, 0.4) is 0 Å². The van der Waals surface area contributed by atoms with E-state index in [9.17, 15) is 4.79 Å². The zero-order chi connectivity index (χ0) is 18.6. The van der Waals surface area contributed by atoms with Crippen molar-refractivity contribution in [3.63, 3.8) is 0 Å². The van der Waals surface area contributed by atoms with E-state index >= 15 is 0 Å². The maximum atomic E-state index is 13.3. The van der Waals surface area contributed by atoms with Crippen molar-refractivity contribution in [2.24, 2.45) is 0 Å². The monoisotopic (exact) mass is 357 g/mol. The van der Waals surface area contributed by atoms with Crippen LogP contribution in [-0.4, -0.2) is 29.9 Å². The summed E-state index contributed by atoms with van der Waals surface area (Å²) in [5.41, 5.74) is 0.438. The molecule has 0 spiro atoms. The van der Waals surface area contributed by atoms with Crippen LogP contribution in [0, 0.1) is 0 Å². The second-order valence-electron chi connectivity index (χ2n) is 6.75. The van der Waals surface area contributed by atoms with Crippen LogP contribution in [0.1, 0.15) is 44.6 Å². The lowest BCUT2D eigenvalue weighted by atomic mass is 9.77. The summed E-state index contributed by atoms with van der Waals surface area (Å²) in [5.74, 6) is 2.11. The van der Waals surface area contributed by atoms with Crippen LogP contribution >= 0.6 is 0 Å². The van der Waals surface area contributed by atoms with Crippen molar-refractivity contribution in [3.8, 4) is 11.5 Å². The number of carbonyl (C=O) groups is 1. The SMILES string of the molecule is CCCn1nccc1NC(=O)C1(c2ccc(OC)c(OC)c2)CCCC1. The van der Waals surface area contributed by atoms with Crippen LogP contribution < -0.4 is 14.8 Å². The predicted molar refractivity (Wildman–Crippen MR) is 101 cm³/mol. The number of hydrogen-bond acceptors (Lipinski definition) is 4. The average Bonchev–Trinajstić information content (AvgIpc) is 3.32. The Kier molecular flexibility index (Phi) is 5.49.